The van der Waals surface area contributed by atoms with Crippen LogP contribution < -0.4 is 5.32 Å². The second-order valence-corrected chi connectivity index (χ2v) is 5.49. The number of nitrogens with zero attached hydrogens (tertiary/aromatic N) is 1. The maximum absolute atomic E-state index is 11.8. The van der Waals surface area contributed by atoms with Crippen LogP contribution in [-0.2, 0) is 4.79 Å². The Hall–Kier alpha value is -1.26. The van der Waals surface area contributed by atoms with E-state index in [-0.39, 0.29) is 12.5 Å². The number of nitrogens with one attached hydrogen (secondary N) is 1. The van der Waals surface area contributed by atoms with Crippen molar-refractivity contribution in [2.45, 2.75) is 38.5 Å². The number of likely N-dealkylation sites (tertiary alicyclic amines) is 1. The van der Waals surface area contributed by atoms with Gasteiger partial charge in [-0.1, -0.05) is 0 Å². The average Bonchev–Trinajstić information content (AvgIpc) is 3.18. The molecule has 1 aliphatic carbocycles. The number of carbonyl (C=O) groups is 2. The van der Waals surface area contributed by atoms with Crippen molar-refractivity contribution in [3.05, 3.63) is 0 Å². The number of carboxylic acid groups (broad SMARTS) is 1. The molecule has 2 fully saturated rings. The minimum Gasteiger partial charge on any atom is -0.481 e. The fourth-order valence-corrected chi connectivity index (χ4v) is 2.42. The Morgan fingerprint density at radius 1 is 1.11 bits per heavy atom. The molecule has 0 bridgehead atoms. The van der Waals surface area contributed by atoms with Crippen LogP contribution in [0.15, 0.2) is 0 Å². The highest BCUT2D eigenvalue weighted by Gasteiger charge is 2.25. The van der Waals surface area contributed by atoms with E-state index >= 15 is 0 Å². The second-order valence-electron chi connectivity index (χ2n) is 5.49. The number of carbonyl (C=O) groups excluding carboxylic acids is 1. The highest BCUT2D eigenvalue weighted by Crippen LogP contribution is 2.27. The molecular weight excluding hydrogens is 232 g/mol. The molecule has 5 heteroatoms. The summed E-state index contributed by atoms with van der Waals surface area (Å²) in [5.41, 5.74) is 0. The van der Waals surface area contributed by atoms with Crippen LogP contribution in [0.1, 0.15) is 38.5 Å². The molecule has 2 aliphatic rings. The zero-order chi connectivity index (χ0) is 13.0. The smallest absolute Gasteiger partial charge is 0.317 e. The third-order valence-corrected chi connectivity index (χ3v) is 3.91. The van der Waals surface area contributed by atoms with Crippen molar-refractivity contribution in [2.75, 3.05) is 19.6 Å². The number of aliphatic carboxylic acids is 1. The Kier molecular flexibility index (Phi) is 4.44. The Balaban J connectivity index is 1.62. The number of hydrogen-bond acceptors (Lipinski definition) is 2. The highest BCUT2D eigenvalue weighted by atomic mass is 16.4. The summed E-state index contributed by atoms with van der Waals surface area (Å²) in [5, 5.41) is 11.6. The Morgan fingerprint density at radius 2 is 1.78 bits per heavy atom. The van der Waals surface area contributed by atoms with E-state index in [2.05, 4.69) is 5.32 Å². The number of hydrogen-bond donors (Lipinski definition) is 2. The lowest BCUT2D eigenvalue weighted by atomic mass is 9.92. The fraction of sp³-hybridized carbons (Fsp3) is 0.846. The van der Waals surface area contributed by atoms with E-state index < -0.39 is 5.97 Å². The first-order valence-corrected chi connectivity index (χ1v) is 6.89. The van der Waals surface area contributed by atoms with Gasteiger partial charge >= 0.3 is 12.0 Å². The number of piperidine rings is 1. The molecule has 0 aromatic carbocycles. The summed E-state index contributed by atoms with van der Waals surface area (Å²) in [6.45, 7) is 2.35. The molecule has 2 N–H and O–H groups in total. The summed E-state index contributed by atoms with van der Waals surface area (Å²) >= 11 is 0. The van der Waals surface area contributed by atoms with Gasteiger partial charge in [0.2, 0.25) is 0 Å². The van der Waals surface area contributed by atoms with Crippen LogP contribution in [0.4, 0.5) is 4.79 Å². The lowest BCUT2D eigenvalue weighted by molar-refractivity contribution is -0.137. The Labute approximate surface area is 108 Å². The van der Waals surface area contributed by atoms with Gasteiger partial charge in [-0.05, 0) is 43.9 Å². The van der Waals surface area contributed by atoms with Crippen LogP contribution in [0.3, 0.4) is 0 Å². The van der Waals surface area contributed by atoms with Gasteiger partial charge in [0.05, 0.1) is 0 Å². The van der Waals surface area contributed by atoms with Gasteiger partial charge in [0.15, 0.2) is 0 Å². The first-order chi connectivity index (χ1) is 8.65. The molecule has 1 saturated heterocycles. The largest absolute Gasteiger partial charge is 0.481 e. The first-order valence-electron chi connectivity index (χ1n) is 6.89. The maximum atomic E-state index is 11.8. The van der Waals surface area contributed by atoms with E-state index in [1.165, 1.54) is 12.8 Å². The highest BCUT2D eigenvalue weighted by molar-refractivity contribution is 5.74. The molecule has 0 aromatic heterocycles. The van der Waals surface area contributed by atoms with Crippen molar-refractivity contribution >= 4 is 12.0 Å². The van der Waals surface area contributed by atoms with E-state index in [9.17, 15) is 9.59 Å². The predicted molar refractivity (Wildman–Crippen MR) is 67.3 cm³/mol. The number of carboxylic acids is 1. The summed E-state index contributed by atoms with van der Waals surface area (Å²) in [6, 6.07) is 0.0542. The van der Waals surface area contributed by atoms with E-state index in [0.717, 1.165) is 38.9 Å². The lowest BCUT2D eigenvalue weighted by Gasteiger charge is -2.31. The van der Waals surface area contributed by atoms with E-state index in [1.54, 1.807) is 0 Å². The lowest BCUT2D eigenvalue weighted by Crippen LogP contribution is -2.45. The van der Waals surface area contributed by atoms with Gasteiger partial charge in [-0.2, -0.15) is 0 Å². The van der Waals surface area contributed by atoms with Crippen molar-refractivity contribution in [2.24, 2.45) is 11.8 Å². The molecule has 1 heterocycles. The zero-order valence-corrected chi connectivity index (χ0v) is 10.7. The summed E-state index contributed by atoms with van der Waals surface area (Å²) in [6.07, 6.45) is 5.36. The monoisotopic (exact) mass is 254 g/mol. The Morgan fingerprint density at radius 3 is 2.33 bits per heavy atom. The van der Waals surface area contributed by atoms with Crippen molar-refractivity contribution in [1.29, 1.82) is 0 Å². The second kappa shape index (κ2) is 6.07. The minimum absolute atomic E-state index is 0.0542. The van der Waals surface area contributed by atoms with Gasteiger partial charge in [-0.15, -0.1) is 0 Å². The van der Waals surface area contributed by atoms with Crippen LogP contribution in [-0.4, -0.2) is 41.6 Å². The van der Waals surface area contributed by atoms with Gasteiger partial charge in [0.25, 0.3) is 0 Å². The molecule has 0 spiro atoms. The molecule has 102 valence electrons. The summed E-state index contributed by atoms with van der Waals surface area (Å²) in [5.74, 6) is 0.454. The molecule has 0 radical (unpaired) electrons. The molecule has 0 atom stereocenters. The minimum atomic E-state index is -0.723. The third kappa shape index (κ3) is 4.20. The predicted octanol–water partition coefficient (Wildman–Crippen LogP) is 1.68. The average molecular weight is 254 g/mol. The van der Waals surface area contributed by atoms with Crippen molar-refractivity contribution in [1.82, 2.24) is 10.2 Å². The van der Waals surface area contributed by atoms with Gasteiger partial charge in [0.1, 0.15) is 0 Å². The number of urea groups is 1. The number of rotatable bonds is 5. The maximum Gasteiger partial charge on any atom is 0.317 e. The van der Waals surface area contributed by atoms with Crippen LogP contribution in [0, 0.1) is 11.8 Å². The number of amides is 2. The molecule has 0 aromatic rings. The van der Waals surface area contributed by atoms with E-state index in [4.69, 9.17) is 5.11 Å². The van der Waals surface area contributed by atoms with E-state index in [0.29, 0.717) is 11.8 Å². The summed E-state index contributed by atoms with van der Waals surface area (Å²) in [7, 11) is 0. The first kappa shape index (κ1) is 13.2. The van der Waals surface area contributed by atoms with Crippen molar-refractivity contribution in [3.8, 4) is 0 Å². The quantitative estimate of drug-likeness (QED) is 0.784. The molecule has 1 saturated carbocycles. The van der Waals surface area contributed by atoms with Gasteiger partial charge in [0, 0.05) is 26.1 Å². The Bertz CT molecular complexity index is 307. The van der Waals surface area contributed by atoms with Crippen LogP contribution in [0.5, 0.6) is 0 Å². The zero-order valence-electron chi connectivity index (χ0n) is 10.7. The van der Waals surface area contributed by atoms with Crippen LogP contribution in [0.2, 0.25) is 0 Å². The van der Waals surface area contributed by atoms with Crippen LogP contribution in [0.25, 0.3) is 0 Å². The van der Waals surface area contributed by atoms with Gasteiger partial charge in [-0.3, -0.25) is 4.79 Å². The standard InChI is InChI=1S/C13H22N2O3/c16-12(17)4-3-10-5-7-15(8-6-10)13(18)14-9-11-1-2-11/h10-11H,1-9H2,(H,14,18)(H,16,17). The van der Waals surface area contributed by atoms with Gasteiger partial charge < -0.3 is 15.3 Å². The molecule has 0 unspecified atom stereocenters. The molecular formula is C13H22N2O3. The molecule has 2 rings (SSSR count). The SMILES string of the molecule is O=C(O)CCC1CCN(C(=O)NCC2CC2)CC1. The molecule has 2 amide bonds. The molecule has 1 aliphatic heterocycles. The third-order valence-electron chi connectivity index (χ3n) is 3.91. The summed E-state index contributed by atoms with van der Waals surface area (Å²) in [4.78, 5) is 24.2. The summed E-state index contributed by atoms with van der Waals surface area (Å²) < 4.78 is 0. The van der Waals surface area contributed by atoms with Gasteiger partial charge in [-0.25, -0.2) is 4.79 Å². The topological polar surface area (TPSA) is 69.6 Å². The van der Waals surface area contributed by atoms with Crippen LogP contribution >= 0.6 is 0 Å². The molecule has 5 nitrogen and oxygen atoms in total. The molecule has 18 heavy (non-hydrogen) atoms. The van der Waals surface area contributed by atoms with Crippen molar-refractivity contribution < 1.29 is 14.7 Å². The fourth-order valence-electron chi connectivity index (χ4n) is 2.42. The van der Waals surface area contributed by atoms with E-state index in [1.807, 2.05) is 4.90 Å². The van der Waals surface area contributed by atoms with Crippen molar-refractivity contribution in [3.63, 3.8) is 0 Å². The normalized spacial score (nSPS) is 20.8.